The van der Waals surface area contributed by atoms with Crippen molar-refractivity contribution < 1.29 is 4.79 Å². The molecule has 1 aliphatic rings. The van der Waals surface area contributed by atoms with E-state index in [9.17, 15) is 4.79 Å². The third kappa shape index (κ3) is 1.28. The fraction of sp³-hybridized carbons (Fsp3) is 0.364. The van der Waals surface area contributed by atoms with Crippen molar-refractivity contribution in [2.75, 3.05) is 0 Å². The normalized spacial score (nSPS) is 18.8. The fourth-order valence-electron chi connectivity index (χ4n) is 1.84. The Hall–Kier alpha value is -0.820. The van der Waals surface area contributed by atoms with E-state index in [-0.39, 0.29) is 11.2 Å². The van der Waals surface area contributed by atoms with Gasteiger partial charge in [-0.2, -0.15) is 0 Å². The van der Waals surface area contributed by atoms with Gasteiger partial charge >= 0.3 is 0 Å². The smallest absolute Gasteiger partial charge is 0.169 e. The summed E-state index contributed by atoms with van der Waals surface area (Å²) in [5.74, 6) is 0.213. The molecule has 2 heteroatoms. The maximum atomic E-state index is 11.8. The molecule has 68 valence electrons. The molecule has 2 rings (SSSR count). The minimum absolute atomic E-state index is 0.213. The highest BCUT2D eigenvalue weighted by Crippen LogP contribution is 2.36. The minimum Gasteiger partial charge on any atom is -0.294 e. The first-order valence-electron chi connectivity index (χ1n) is 4.34. The van der Waals surface area contributed by atoms with E-state index in [0.29, 0.717) is 5.02 Å². The Morgan fingerprint density at radius 2 is 2.08 bits per heavy atom. The zero-order chi connectivity index (χ0) is 9.64. The van der Waals surface area contributed by atoms with E-state index in [1.165, 1.54) is 0 Å². The number of rotatable bonds is 0. The summed E-state index contributed by atoms with van der Waals surface area (Å²) in [6.45, 7) is 3.95. The molecule has 0 amide bonds. The van der Waals surface area contributed by atoms with Crippen LogP contribution in [0, 0.1) is 5.41 Å². The average molecular weight is 195 g/mol. The number of fused-ring (bicyclic) bond motifs is 1. The van der Waals surface area contributed by atoms with E-state index in [1.807, 2.05) is 26.0 Å². The summed E-state index contributed by atoms with van der Waals surface area (Å²) in [5.41, 5.74) is 1.68. The van der Waals surface area contributed by atoms with Crippen LogP contribution in [0.3, 0.4) is 0 Å². The van der Waals surface area contributed by atoms with Gasteiger partial charge in [0, 0.05) is 16.0 Å². The number of ketones is 1. The number of carbonyl (C=O) groups is 1. The molecule has 0 radical (unpaired) electrons. The number of Topliss-reactive ketones (excluding diaryl/α,β-unsaturated/α-hetero) is 1. The van der Waals surface area contributed by atoms with Crippen LogP contribution in [-0.2, 0) is 6.42 Å². The zero-order valence-corrected chi connectivity index (χ0v) is 8.48. The summed E-state index contributed by atoms with van der Waals surface area (Å²) in [6, 6.07) is 5.56. The zero-order valence-electron chi connectivity index (χ0n) is 7.73. The standard InChI is InChI=1S/C11H11ClO/c1-11(2)6-7-3-4-8(12)5-9(7)10(11)13/h3-5H,6H2,1-2H3. The van der Waals surface area contributed by atoms with Crippen LogP contribution in [0.4, 0.5) is 0 Å². The van der Waals surface area contributed by atoms with Crippen molar-refractivity contribution in [3.63, 3.8) is 0 Å². The van der Waals surface area contributed by atoms with Gasteiger partial charge in [0.25, 0.3) is 0 Å². The van der Waals surface area contributed by atoms with Crippen LogP contribution < -0.4 is 0 Å². The molecule has 0 bridgehead atoms. The Morgan fingerprint density at radius 1 is 1.38 bits per heavy atom. The van der Waals surface area contributed by atoms with Crippen LogP contribution >= 0.6 is 11.6 Å². The van der Waals surface area contributed by atoms with Gasteiger partial charge in [0.05, 0.1) is 0 Å². The highest BCUT2D eigenvalue weighted by atomic mass is 35.5. The molecule has 1 aromatic carbocycles. The van der Waals surface area contributed by atoms with Crippen LogP contribution in [0.15, 0.2) is 18.2 Å². The van der Waals surface area contributed by atoms with E-state index in [0.717, 1.165) is 17.5 Å². The average Bonchev–Trinajstić information content (AvgIpc) is 2.26. The molecule has 0 fully saturated rings. The first kappa shape index (κ1) is 8.76. The van der Waals surface area contributed by atoms with Crippen LogP contribution in [-0.4, -0.2) is 5.78 Å². The third-order valence-corrected chi connectivity index (χ3v) is 2.80. The van der Waals surface area contributed by atoms with Crippen molar-refractivity contribution in [2.45, 2.75) is 20.3 Å². The van der Waals surface area contributed by atoms with E-state index in [2.05, 4.69) is 0 Å². The first-order chi connectivity index (χ1) is 6.00. The molecule has 0 heterocycles. The minimum atomic E-state index is -0.243. The number of hydrogen-bond donors (Lipinski definition) is 0. The quantitative estimate of drug-likeness (QED) is 0.620. The van der Waals surface area contributed by atoms with Gasteiger partial charge in [0.2, 0.25) is 0 Å². The fourth-order valence-corrected chi connectivity index (χ4v) is 2.01. The van der Waals surface area contributed by atoms with Gasteiger partial charge in [-0.15, -0.1) is 0 Å². The molecular weight excluding hydrogens is 184 g/mol. The largest absolute Gasteiger partial charge is 0.294 e. The van der Waals surface area contributed by atoms with Gasteiger partial charge in [0.1, 0.15) is 0 Å². The second-order valence-corrected chi connectivity index (χ2v) is 4.63. The Morgan fingerprint density at radius 3 is 2.77 bits per heavy atom. The Kier molecular flexibility index (Phi) is 1.74. The van der Waals surface area contributed by atoms with Crippen molar-refractivity contribution in [3.05, 3.63) is 34.3 Å². The predicted molar refractivity (Wildman–Crippen MR) is 53.3 cm³/mol. The number of hydrogen-bond acceptors (Lipinski definition) is 1. The monoisotopic (exact) mass is 194 g/mol. The van der Waals surface area contributed by atoms with Crippen LogP contribution in [0.2, 0.25) is 5.02 Å². The van der Waals surface area contributed by atoms with Crippen LogP contribution in [0.1, 0.15) is 29.8 Å². The lowest BCUT2D eigenvalue weighted by Crippen LogP contribution is -2.18. The molecule has 0 saturated heterocycles. The molecule has 1 aliphatic carbocycles. The van der Waals surface area contributed by atoms with E-state index in [1.54, 1.807) is 6.07 Å². The lowest BCUT2D eigenvalue weighted by molar-refractivity contribution is 0.0863. The SMILES string of the molecule is CC1(C)Cc2ccc(Cl)cc2C1=O. The molecule has 1 nitrogen and oxygen atoms in total. The highest BCUT2D eigenvalue weighted by Gasteiger charge is 2.37. The number of benzene rings is 1. The Labute approximate surface area is 82.7 Å². The molecule has 0 aromatic heterocycles. The van der Waals surface area contributed by atoms with Gasteiger partial charge in [-0.1, -0.05) is 31.5 Å². The summed E-state index contributed by atoms with van der Waals surface area (Å²) in [4.78, 5) is 11.8. The van der Waals surface area contributed by atoms with Crippen LogP contribution in [0.5, 0.6) is 0 Å². The summed E-state index contributed by atoms with van der Waals surface area (Å²) in [6.07, 6.45) is 0.832. The molecule has 0 aliphatic heterocycles. The van der Waals surface area contributed by atoms with Crippen LogP contribution in [0.25, 0.3) is 0 Å². The number of halogens is 1. The summed E-state index contributed by atoms with van der Waals surface area (Å²) < 4.78 is 0. The third-order valence-electron chi connectivity index (χ3n) is 2.56. The molecule has 0 N–H and O–H groups in total. The van der Waals surface area contributed by atoms with Gasteiger partial charge in [-0.05, 0) is 24.1 Å². The van der Waals surface area contributed by atoms with Gasteiger partial charge in [-0.25, -0.2) is 0 Å². The van der Waals surface area contributed by atoms with Crippen molar-refractivity contribution in [1.29, 1.82) is 0 Å². The topological polar surface area (TPSA) is 17.1 Å². The number of carbonyl (C=O) groups excluding carboxylic acids is 1. The van der Waals surface area contributed by atoms with Crippen molar-refractivity contribution in [3.8, 4) is 0 Å². The van der Waals surface area contributed by atoms with Crippen molar-refractivity contribution in [1.82, 2.24) is 0 Å². The Balaban J connectivity index is 2.57. The Bertz CT molecular complexity index is 380. The van der Waals surface area contributed by atoms with E-state index < -0.39 is 0 Å². The molecule has 0 unspecified atom stereocenters. The van der Waals surface area contributed by atoms with Gasteiger partial charge in [-0.3, -0.25) is 4.79 Å². The second kappa shape index (κ2) is 2.58. The van der Waals surface area contributed by atoms with Crippen molar-refractivity contribution >= 4 is 17.4 Å². The second-order valence-electron chi connectivity index (χ2n) is 4.19. The maximum Gasteiger partial charge on any atom is 0.169 e. The molecule has 0 atom stereocenters. The van der Waals surface area contributed by atoms with Gasteiger partial charge in [0.15, 0.2) is 5.78 Å². The predicted octanol–water partition coefficient (Wildman–Crippen LogP) is 3.11. The lowest BCUT2D eigenvalue weighted by atomic mass is 9.89. The molecule has 0 saturated carbocycles. The molecule has 1 aromatic rings. The van der Waals surface area contributed by atoms with E-state index in [4.69, 9.17) is 11.6 Å². The summed E-state index contributed by atoms with van der Waals surface area (Å²) in [5, 5.41) is 0.643. The van der Waals surface area contributed by atoms with Gasteiger partial charge < -0.3 is 0 Å². The molecule has 13 heavy (non-hydrogen) atoms. The summed E-state index contributed by atoms with van der Waals surface area (Å²) >= 11 is 5.83. The summed E-state index contributed by atoms with van der Waals surface area (Å²) in [7, 11) is 0. The highest BCUT2D eigenvalue weighted by molar-refractivity contribution is 6.31. The van der Waals surface area contributed by atoms with Crippen molar-refractivity contribution in [2.24, 2.45) is 5.41 Å². The first-order valence-corrected chi connectivity index (χ1v) is 4.72. The molecular formula is C11H11ClO. The lowest BCUT2D eigenvalue weighted by Gasteiger charge is -2.12. The van der Waals surface area contributed by atoms with E-state index >= 15 is 0 Å². The maximum absolute atomic E-state index is 11.8. The molecule has 0 spiro atoms.